The maximum Gasteiger partial charge on any atom is 0.263 e. The van der Waals surface area contributed by atoms with Crippen LogP contribution in [0, 0.1) is 5.92 Å². The monoisotopic (exact) mass is 403 g/mol. The average molecular weight is 404 g/mol. The lowest BCUT2D eigenvalue weighted by Gasteiger charge is -2.17. The second kappa shape index (κ2) is 7.08. The topological polar surface area (TPSA) is 126 Å². The number of thioether (sulfide) groups is 1. The van der Waals surface area contributed by atoms with Gasteiger partial charge in [0.15, 0.2) is 5.16 Å². The van der Waals surface area contributed by atoms with E-state index >= 15 is 0 Å². The van der Waals surface area contributed by atoms with Crippen LogP contribution in [0.5, 0.6) is 0 Å². The molecule has 0 amide bonds. The molecule has 8 nitrogen and oxygen atoms in total. The van der Waals surface area contributed by atoms with Crippen molar-refractivity contribution in [2.75, 3.05) is 11.5 Å². The van der Waals surface area contributed by atoms with Gasteiger partial charge in [0.2, 0.25) is 11.9 Å². The van der Waals surface area contributed by atoms with Crippen LogP contribution in [0.4, 0.5) is 11.9 Å². The Morgan fingerprint density at radius 3 is 2.67 bits per heavy atom. The van der Waals surface area contributed by atoms with E-state index in [0.29, 0.717) is 29.2 Å². The van der Waals surface area contributed by atoms with Crippen LogP contribution in [-0.4, -0.2) is 24.5 Å². The summed E-state index contributed by atoms with van der Waals surface area (Å²) in [5, 5.41) is 1.47. The predicted octanol–water partition coefficient (Wildman–Crippen LogP) is 2.24. The van der Waals surface area contributed by atoms with E-state index < -0.39 is 0 Å². The highest BCUT2D eigenvalue weighted by Gasteiger charge is 2.24. The average Bonchev–Trinajstić information content (AvgIpc) is 2.96. The van der Waals surface area contributed by atoms with Crippen LogP contribution in [-0.2, 0) is 25.1 Å². The van der Waals surface area contributed by atoms with Crippen LogP contribution in [0.2, 0.25) is 0 Å². The van der Waals surface area contributed by atoms with Gasteiger partial charge in [-0.25, -0.2) is 4.98 Å². The molecular formula is C17H21N7OS2. The number of rotatable bonds is 4. The van der Waals surface area contributed by atoms with Crippen molar-refractivity contribution in [1.29, 1.82) is 0 Å². The summed E-state index contributed by atoms with van der Waals surface area (Å²) in [6, 6.07) is 0. The normalized spacial score (nSPS) is 16.6. The second-order valence-electron chi connectivity index (χ2n) is 6.73. The lowest BCUT2D eigenvalue weighted by atomic mass is 9.89. The molecular weight excluding hydrogens is 382 g/mol. The lowest BCUT2D eigenvalue weighted by molar-refractivity contribution is 0.509. The minimum absolute atomic E-state index is 0.0479. The molecule has 4 rings (SSSR count). The van der Waals surface area contributed by atoms with Gasteiger partial charge in [-0.05, 0) is 37.7 Å². The molecule has 0 saturated heterocycles. The first-order chi connectivity index (χ1) is 13.0. The van der Waals surface area contributed by atoms with Crippen LogP contribution in [0.25, 0.3) is 10.2 Å². The van der Waals surface area contributed by atoms with Crippen molar-refractivity contribution in [1.82, 2.24) is 24.5 Å². The molecule has 10 heteroatoms. The molecule has 0 aromatic carbocycles. The van der Waals surface area contributed by atoms with Gasteiger partial charge in [-0.2, -0.15) is 15.0 Å². The second-order valence-corrected chi connectivity index (χ2v) is 8.76. The minimum atomic E-state index is 0.0479. The first-order valence-electron chi connectivity index (χ1n) is 8.90. The van der Waals surface area contributed by atoms with Crippen molar-refractivity contribution in [2.45, 2.75) is 50.6 Å². The quantitative estimate of drug-likeness (QED) is 0.502. The van der Waals surface area contributed by atoms with Crippen LogP contribution in [0.3, 0.4) is 0 Å². The van der Waals surface area contributed by atoms with E-state index in [4.69, 9.17) is 16.5 Å². The van der Waals surface area contributed by atoms with Gasteiger partial charge < -0.3 is 11.5 Å². The Morgan fingerprint density at radius 2 is 1.96 bits per heavy atom. The zero-order valence-corrected chi connectivity index (χ0v) is 16.9. The summed E-state index contributed by atoms with van der Waals surface area (Å²) in [4.78, 5) is 32.1. The first kappa shape index (κ1) is 18.2. The third-order valence-corrected chi connectivity index (χ3v) is 6.86. The fourth-order valence-electron chi connectivity index (χ4n) is 3.44. The molecule has 3 aromatic rings. The number of fused-ring (bicyclic) bond motifs is 3. The molecule has 1 aliphatic rings. The molecule has 0 bridgehead atoms. The fourth-order valence-corrected chi connectivity index (χ4v) is 5.79. The van der Waals surface area contributed by atoms with Crippen molar-refractivity contribution in [3.05, 3.63) is 26.6 Å². The Hall–Kier alpha value is -2.20. The summed E-state index contributed by atoms with van der Waals surface area (Å²) in [6.45, 7) is 4.78. The highest BCUT2D eigenvalue weighted by Crippen LogP contribution is 2.36. The van der Waals surface area contributed by atoms with Crippen molar-refractivity contribution in [3.63, 3.8) is 0 Å². The molecule has 0 spiro atoms. The third kappa shape index (κ3) is 3.39. The number of aromatic nitrogens is 5. The van der Waals surface area contributed by atoms with Gasteiger partial charge >= 0.3 is 0 Å². The Labute approximate surface area is 164 Å². The van der Waals surface area contributed by atoms with Crippen LogP contribution >= 0.6 is 23.1 Å². The molecule has 27 heavy (non-hydrogen) atoms. The molecule has 0 fully saturated rings. The number of nitrogens with zero attached hydrogens (tertiary/aromatic N) is 5. The van der Waals surface area contributed by atoms with E-state index in [0.717, 1.165) is 29.5 Å². The van der Waals surface area contributed by atoms with Gasteiger partial charge in [0.1, 0.15) is 10.7 Å². The van der Waals surface area contributed by atoms with E-state index in [-0.39, 0.29) is 17.5 Å². The summed E-state index contributed by atoms with van der Waals surface area (Å²) in [7, 11) is 0. The molecule has 1 aliphatic carbocycles. The van der Waals surface area contributed by atoms with Crippen LogP contribution in [0.15, 0.2) is 9.95 Å². The molecule has 0 aliphatic heterocycles. The zero-order valence-electron chi connectivity index (χ0n) is 15.2. The standard InChI is InChI=1S/C17H21N7OS2/c1-3-24-14(25)12-9-5-4-8(2)6-10(9)27-13(12)22-17(24)26-7-11-20-15(18)23-16(19)21-11/h8H,3-7H2,1-2H3,(H4,18,19,20,21,23)/t8-/m1/s1. The van der Waals surface area contributed by atoms with E-state index in [2.05, 4.69) is 21.9 Å². The van der Waals surface area contributed by atoms with Crippen LogP contribution in [0.1, 0.15) is 36.5 Å². The van der Waals surface area contributed by atoms with E-state index in [9.17, 15) is 4.79 Å². The summed E-state index contributed by atoms with van der Waals surface area (Å²) < 4.78 is 1.73. The Kier molecular flexibility index (Phi) is 4.77. The molecule has 142 valence electrons. The summed E-state index contributed by atoms with van der Waals surface area (Å²) in [5.41, 5.74) is 12.5. The fraction of sp³-hybridized carbons (Fsp3) is 0.471. The van der Waals surface area contributed by atoms with Crippen molar-refractivity contribution in [2.24, 2.45) is 5.92 Å². The summed E-state index contributed by atoms with van der Waals surface area (Å²) in [5.74, 6) is 1.73. The first-order valence-corrected chi connectivity index (χ1v) is 10.7. The zero-order chi connectivity index (χ0) is 19.1. The molecule has 0 radical (unpaired) electrons. The highest BCUT2D eigenvalue weighted by atomic mass is 32.2. The molecule has 3 heterocycles. The highest BCUT2D eigenvalue weighted by molar-refractivity contribution is 7.98. The van der Waals surface area contributed by atoms with Gasteiger partial charge in [0.25, 0.3) is 5.56 Å². The number of nitrogens with two attached hydrogens (primary N) is 2. The van der Waals surface area contributed by atoms with E-state index in [1.54, 1.807) is 15.9 Å². The number of hydrogen-bond acceptors (Lipinski definition) is 9. The molecule has 0 saturated carbocycles. The predicted molar refractivity (Wildman–Crippen MR) is 109 cm³/mol. The smallest absolute Gasteiger partial charge is 0.263 e. The van der Waals surface area contributed by atoms with E-state index in [1.807, 2.05) is 6.92 Å². The van der Waals surface area contributed by atoms with Crippen LogP contribution < -0.4 is 17.0 Å². The van der Waals surface area contributed by atoms with Gasteiger partial charge in [0, 0.05) is 11.4 Å². The summed E-state index contributed by atoms with van der Waals surface area (Å²) >= 11 is 3.07. The van der Waals surface area contributed by atoms with Gasteiger partial charge in [-0.3, -0.25) is 9.36 Å². The third-order valence-electron chi connectivity index (χ3n) is 4.74. The Bertz CT molecular complexity index is 1060. The SMILES string of the molecule is CCn1c(SCc2nc(N)nc(N)n2)nc2sc3c(c2c1=O)CC[C@@H](C)C3. The van der Waals surface area contributed by atoms with Gasteiger partial charge in [-0.1, -0.05) is 18.7 Å². The molecule has 0 unspecified atom stereocenters. The van der Waals surface area contributed by atoms with E-state index in [1.165, 1.54) is 22.2 Å². The van der Waals surface area contributed by atoms with Gasteiger partial charge in [-0.15, -0.1) is 11.3 Å². The number of anilines is 2. The maximum atomic E-state index is 13.1. The summed E-state index contributed by atoms with van der Waals surface area (Å²) in [6.07, 6.45) is 3.13. The largest absolute Gasteiger partial charge is 0.368 e. The molecule has 1 atom stereocenters. The Balaban J connectivity index is 1.73. The number of aryl methyl sites for hydroxylation is 1. The molecule has 4 N–H and O–H groups in total. The van der Waals surface area contributed by atoms with Crippen molar-refractivity contribution < 1.29 is 0 Å². The Morgan fingerprint density at radius 1 is 1.22 bits per heavy atom. The van der Waals surface area contributed by atoms with Crippen molar-refractivity contribution in [3.8, 4) is 0 Å². The van der Waals surface area contributed by atoms with Gasteiger partial charge in [0.05, 0.1) is 11.1 Å². The maximum absolute atomic E-state index is 13.1. The number of thiophene rings is 1. The lowest BCUT2D eigenvalue weighted by Crippen LogP contribution is -2.23. The number of nitrogen functional groups attached to an aromatic ring is 2. The van der Waals surface area contributed by atoms with Crippen molar-refractivity contribution >= 4 is 45.2 Å². The molecule has 3 aromatic heterocycles. The number of hydrogen-bond donors (Lipinski definition) is 2. The minimum Gasteiger partial charge on any atom is -0.368 e.